The maximum atomic E-state index is 12.6. The number of hydrogen-bond acceptors (Lipinski definition) is 4. The summed E-state index contributed by atoms with van der Waals surface area (Å²) in [6.45, 7) is 10.5. The highest BCUT2D eigenvalue weighted by molar-refractivity contribution is 5.97. The number of anilines is 1. The lowest BCUT2D eigenvalue weighted by Gasteiger charge is -2.30. The molecular formula is C23H38N2O3. The SMILES string of the molecule is CCCCC(C)(OC)C(=O)Nc1ccc(OCCCN2CCCC(C)C2)cc1. The Morgan fingerprint density at radius 2 is 2.04 bits per heavy atom. The van der Waals surface area contributed by atoms with Crippen molar-refractivity contribution < 1.29 is 14.3 Å². The van der Waals surface area contributed by atoms with Gasteiger partial charge in [-0.25, -0.2) is 0 Å². The van der Waals surface area contributed by atoms with Crippen molar-refractivity contribution in [1.29, 1.82) is 0 Å². The van der Waals surface area contributed by atoms with E-state index in [1.807, 2.05) is 31.2 Å². The molecule has 2 rings (SSSR count). The molecule has 1 aromatic carbocycles. The maximum Gasteiger partial charge on any atom is 0.256 e. The minimum Gasteiger partial charge on any atom is -0.494 e. The number of nitrogens with one attached hydrogen (secondary N) is 1. The van der Waals surface area contributed by atoms with Crippen molar-refractivity contribution in [3.8, 4) is 5.75 Å². The summed E-state index contributed by atoms with van der Waals surface area (Å²) in [4.78, 5) is 15.1. The molecule has 5 nitrogen and oxygen atoms in total. The number of likely N-dealkylation sites (tertiary alicyclic amines) is 1. The number of methoxy groups -OCH3 is 1. The van der Waals surface area contributed by atoms with Crippen LogP contribution in [0.1, 0.15) is 59.3 Å². The predicted molar refractivity (Wildman–Crippen MR) is 115 cm³/mol. The van der Waals surface area contributed by atoms with Gasteiger partial charge in [-0.1, -0.05) is 26.7 Å². The van der Waals surface area contributed by atoms with Crippen molar-refractivity contribution in [2.24, 2.45) is 5.92 Å². The van der Waals surface area contributed by atoms with E-state index in [1.54, 1.807) is 7.11 Å². The summed E-state index contributed by atoms with van der Waals surface area (Å²) in [5, 5.41) is 2.96. The van der Waals surface area contributed by atoms with Gasteiger partial charge in [0, 0.05) is 25.9 Å². The highest BCUT2D eigenvalue weighted by Gasteiger charge is 2.32. The molecule has 0 radical (unpaired) electrons. The van der Waals surface area contributed by atoms with Crippen LogP contribution in [0.2, 0.25) is 0 Å². The molecule has 1 aliphatic rings. The normalized spacial score (nSPS) is 19.8. The number of hydrogen-bond donors (Lipinski definition) is 1. The Hall–Kier alpha value is -1.59. The molecule has 0 bridgehead atoms. The number of carbonyl (C=O) groups is 1. The number of rotatable bonds is 11. The number of ether oxygens (including phenoxy) is 2. The second-order valence-electron chi connectivity index (χ2n) is 8.27. The van der Waals surface area contributed by atoms with Gasteiger partial charge >= 0.3 is 0 Å². The van der Waals surface area contributed by atoms with Gasteiger partial charge in [-0.3, -0.25) is 4.79 Å². The quantitative estimate of drug-likeness (QED) is 0.556. The molecule has 0 aliphatic carbocycles. The van der Waals surface area contributed by atoms with Gasteiger partial charge < -0.3 is 19.7 Å². The monoisotopic (exact) mass is 390 g/mol. The lowest BCUT2D eigenvalue weighted by Crippen LogP contribution is -2.41. The molecule has 5 heteroatoms. The molecule has 1 saturated heterocycles. The van der Waals surface area contributed by atoms with Gasteiger partial charge in [0.2, 0.25) is 0 Å². The highest BCUT2D eigenvalue weighted by Crippen LogP contribution is 2.22. The van der Waals surface area contributed by atoms with Crippen LogP contribution in [0.5, 0.6) is 5.75 Å². The van der Waals surface area contributed by atoms with Gasteiger partial charge in [-0.15, -0.1) is 0 Å². The molecule has 28 heavy (non-hydrogen) atoms. The van der Waals surface area contributed by atoms with Crippen molar-refractivity contribution in [1.82, 2.24) is 4.90 Å². The lowest BCUT2D eigenvalue weighted by molar-refractivity contribution is -0.136. The van der Waals surface area contributed by atoms with Crippen molar-refractivity contribution in [3.05, 3.63) is 24.3 Å². The summed E-state index contributed by atoms with van der Waals surface area (Å²) in [5.74, 6) is 1.55. The third-order valence-electron chi connectivity index (χ3n) is 5.68. The van der Waals surface area contributed by atoms with Crippen LogP contribution in [0.25, 0.3) is 0 Å². The van der Waals surface area contributed by atoms with Crippen molar-refractivity contribution >= 4 is 11.6 Å². The molecule has 0 aromatic heterocycles. The van der Waals surface area contributed by atoms with E-state index in [1.165, 1.54) is 25.9 Å². The summed E-state index contributed by atoms with van der Waals surface area (Å²) < 4.78 is 11.3. The molecule has 1 aliphatic heterocycles. The number of piperidine rings is 1. The first-order valence-electron chi connectivity index (χ1n) is 10.8. The summed E-state index contributed by atoms with van der Waals surface area (Å²) >= 11 is 0. The van der Waals surface area contributed by atoms with Crippen LogP contribution >= 0.6 is 0 Å². The molecule has 1 fully saturated rings. The first-order chi connectivity index (χ1) is 13.5. The Kier molecular flexibility index (Phi) is 9.26. The highest BCUT2D eigenvalue weighted by atomic mass is 16.5. The third kappa shape index (κ3) is 7.10. The van der Waals surface area contributed by atoms with Crippen LogP contribution in [0.3, 0.4) is 0 Å². The van der Waals surface area contributed by atoms with E-state index in [0.717, 1.165) is 49.8 Å². The van der Waals surface area contributed by atoms with E-state index in [9.17, 15) is 4.79 Å². The smallest absolute Gasteiger partial charge is 0.256 e. The average molecular weight is 391 g/mol. The van der Waals surface area contributed by atoms with Crippen LogP contribution in [0.4, 0.5) is 5.69 Å². The second kappa shape index (κ2) is 11.4. The molecule has 0 spiro atoms. The minimum atomic E-state index is -0.795. The number of benzene rings is 1. The topological polar surface area (TPSA) is 50.8 Å². The molecule has 1 heterocycles. The van der Waals surface area contributed by atoms with Gasteiger partial charge in [0.15, 0.2) is 0 Å². The van der Waals surface area contributed by atoms with Crippen LogP contribution < -0.4 is 10.1 Å². The van der Waals surface area contributed by atoms with Gasteiger partial charge in [-0.05, 0) is 69.3 Å². The van der Waals surface area contributed by atoms with Gasteiger partial charge in [-0.2, -0.15) is 0 Å². The van der Waals surface area contributed by atoms with Gasteiger partial charge in [0.25, 0.3) is 5.91 Å². The zero-order valence-electron chi connectivity index (χ0n) is 18.1. The van der Waals surface area contributed by atoms with E-state index in [4.69, 9.17) is 9.47 Å². The van der Waals surface area contributed by atoms with E-state index in [-0.39, 0.29) is 5.91 Å². The summed E-state index contributed by atoms with van der Waals surface area (Å²) in [5.41, 5.74) is -0.0312. The maximum absolute atomic E-state index is 12.6. The van der Waals surface area contributed by atoms with Crippen molar-refractivity contribution in [2.45, 2.75) is 64.9 Å². The average Bonchev–Trinajstić information content (AvgIpc) is 2.70. The van der Waals surface area contributed by atoms with Crippen LogP contribution in [0.15, 0.2) is 24.3 Å². The molecular weight excluding hydrogens is 352 g/mol. The molecule has 0 saturated carbocycles. The first-order valence-corrected chi connectivity index (χ1v) is 10.8. The molecule has 2 unspecified atom stereocenters. The Bertz CT molecular complexity index is 590. The van der Waals surface area contributed by atoms with Crippen molar-refractivity contribution in [2.75, 3.05) is 38.7 Å². The van der Waals surface area contributed by atoms with E-state index < -0.39 is 5.60 Å². The fourth-order valence-corrected chi connectivity index (χ4v) is 3.69. The number of carbonyl (C=O) groups excluding carboxylic acids is 1. The van der Waals surface area contributed by atoms with E-state index in [2.05, 4.69) is 24.1 Å². The van der Waals surface area contributed by atoms with Crippen LogP contribution in [-0.4, -0.2) is 49.8 Å². The Morgan fingerprint density at radius 1 is 1.29 bits per heavy atom. The Balaban J connectivity index is 1.74. The number of unbranched alkanes of at least 4 members (excludes halogenated alkanes) is 1. The molecule has 1 aromatic rings. The van der Waals surface area contributed by atoms with Crippen molar-refractivity contribution in [3.63, 3.8) is 0 Å². The number of nitrogens with zero attached hydrogens (tertiary/aromatic N) is 1. The molecule has 1 N–H and O–H groups in total. The molecule has 1 amide bonds. The molecule has 158 valence electrons. The lowest BCUT2D eigenvalue weighted by atomic mass is 9.97. The van der Waals surface area contributed by atoms with Gasteiger partial charge in [0.1, 0.15) is 11.4 Å². The zero-order valence-corrected chi connectivity index (χ0v) is 18.1. The fourth-order valence-electron chi connectivity index (χ4n) is 3.69. The predicted octanol–water partition coefficient (Wildman–Crippen LogP) is 4.72. The van der Waals surface area contributed by atoms with Gasteiger partial charge in [0.05, 0.1) is 6.61 Å². The second-order valence-corrected chi connectivity index (χ2v) is 8.27. The molecule has 2 atom stereocenters. The van der Waals surface area contributed by atoms with E-state index >= 15 is 0 Å². The van der Waals surface area contributed by atoms with E-state index in [0.29, 0.717) is 6.42 Å². The minimum absolute atomic E-state index is 0.104. The van der Waals surface area contributed by atoms with Crippen LogP contribution in [-0.2, 0) is 9.53 Å². The Morgan fingerprint density at radius 3 is 2.68 bits per heavy atom. The summed E-state index contributed by atoms with van der Waals surface area (Å²) in [7, 11) is 1.59. The zero-order chi connectivity index (χ0) is 20.4. The fraction of sp³-hybridized carbons (Fsp3) is 0.696. The van der Waals surface area contributed by atoms with Crippen LogP contribution in [0, 0.1) is 5.92 Å². The number of amides is 1. The summed E-state index contributed by atoms with van der Waals surface area (Å²) in [6.07, 6.45) is 6.42. The largest absolute Gasteiger partial charge is 0.494 e. The first kappa shape index (κ1) is 22.7. The summed E-state index contributed by atoms with van der Waals surface area (Å²) in [6, 6.07) is 7.59. The third-order valence-corrected chi connectivity index (χ3v) is 5.68. The standard InChI is InChI=1S/C23H38N2O3/c1-5-6-14-23(3,27-4)22(26)24-20-10-12-21(13-11-20)28-17-8-16-25-15-7-9-19(2)18-25/h10-13,19H,5-9,14-18H2,1-4H3,(H,24,26). The Labute approximate surface area is 170 Å².